The molecule has 0 saturated heterocycles. The van der Waals surface area contributed by atoms with Crippen LogP contribution in [0.15, 0.2) is 189 Å². The van der Waals surface area contributed by atoms with Crippen LogP contribution in [-0.4, -0.2) is 166 Å². The van der Waals surface area contributed by atoms with E-state index in [1.807, 2.05) is 97.1 Å². The van der Waals surface area contributed by atoms with Gasteiger partial charge in [-0.2, -0.15) is 8.42 Å². The zero-order chi connectivity index (χ0) is 65.9. The topological polar surface area (TPSA) is 444 Å². The second-order valence-electron chi connectivity index (χ2n) is 21.9. The largest absolute Gasteiger partial charge is 3.00 e. The monoisotopic (exact) mass is 1400 g/mol. The minimum absolute atomic E-state index is 0. The van der Waals surface area contributed by atoms with Gasteiger partial charge in [-0.25, -0.2) is 85.1 Å². The summed E-state index contributed by atoms with van der Waals surface area (Å²) in [6.07, 6.45) is 0. The normalized spacial score (nSPS) is 12.4. The van der Waals surface area contributed by atoms with Crippen LogP contribution in [0.1, 0.15) is 0 Å². The van der Waals surface area contributed by atoms with Gasteiger partial charge in [0.25, 0.3) is 10.1 Å². The second kappa shape index (κ2) is 22.9. The Labute approximate surface area is 571 Å². The molecular formula is C64H33Al2N16O12S4. The van der Waals surface area contributed by atoms with E-state index >= 15 is 0 Å². The SMILES string of the molecule is O=S(=O)([O-])c1c(S(=O)(=O)[O-])c(S(=O)(=O)O)c2c3nc4nc(nc5[nH]c(nc6nc(nc([nH]3)c2c1S(=O)(=O)[O-])-c1ccccc1-6)c1ccccc51)-c1ccccc1-4.[Al+3].[Al].c1ccc2c(c1)-c1nc-2nc2[nH]c(nc3nc(nc4[nH]c(n1)c1ccccc41)-c1ccccc1-3)c1ccccc21. The number of H-pyrrole nitrogens is 4. The van der Waals surface area contributed by atoms with E-state index < -0.39 is 82.1 Å². The van der Waals surface area contributed by atoms with Gasteiger partial charge in [0, 0.05) is 99.6 Å². The zero-order valence-corrected chi connectivity index (χ0v) is 54.8. The molecule has 16 bridgehead atoms. The molecule has 4 aliphatic heterocycles. The minimum Gasteiger partial charge on any atom is -0.744 e. The number of hydrogen-bond acceptors (Lipinski definition) is 23. The number of aromatic nitrogens is 16. The molecule has 14 aromatic rings. The van der Waals surface area contributed by atoms with Gasteiger partial charge in [0.1, 0.15) is 80.4 Å². The average molecular weight is 1400 g/mol. The molecule has 3 radical (unpaired) electrons. The summed E-state index contributed by atoms with van der Waals surface area (Å²) in [6.45, 7) is 0. The standard InChI is InChI=1S/C32H18N8O12S4.C32H18N8.2Al/c41-53(42,43)21-19-20(22(54(44,45)46)24(56(50,51)52)23(21)55(47,48)49)32-39-30-18-12-6-4-10-16(18)28(37-30)35-26-14-8-2-1-7-13(14)25(33-26)34-27-15-9-3-5-11-17(15)29(36-27)38-31(19)40-32;1-2-10-18-17(9-1)25-33-26(18)38-28-21-13-5-6-14-22(21)30(35-28)40-32-24-16-8-7-15-23(24)31(36-32)39-29-20-12-4-3-11-19(20)27(34-29)37-25;;/h1-12H,(H,41,42,43)(H,44,45,46)(H,47,48,49)(H,50,51,52)(H2,33,34,35,36,37,38,39,40);1-16H,(H2,33,34,35,36,37,38,39,40);;/q;;;+3/p-3. The van der Waals surface area contributed by atoms with Crippen LogP contribution < -0.4 is 0 Å². The summed E-state index contributed by atoms with van der Waals surface area (Å²) in [5.74, 6) is 1.81. The van der Waals surface area contributed by atoms with Crippen LogP contribution in [0.2, 0.25) is 0 Å². The Morgan fingerprint density at radius 3 is 0.633 bits per heavy atom. The summed E-state index contributed by atoms with van der Waals surface area (Å²) in [5.41, 5.74) is 6.30. The molecule has 98 heavy (non-hydrogen) atoms. The molecule has 0 aliphatic carbocycles. The van der Waals surface area contributed by atoms with Gasteiger partial charge >= 0.3 is 17.4 Å². The molecule has 0 spiro atoms. The Balaban J connectivity index is 0.000000165. The molecule has 0 fully saturated rings. The molecule has 6 aromatic heterocycles. The van der Waals surface area contributed by atoms with Crippen molar-refractivity contribution in [3.63, 3.8) is 0 Å². The van der Waals surface area contributed by atoms with Crippen molar-refractivity contribution in [2.75, 3.05) is 0 Å². The molecule has 34 heteroatoms. The van der Waals surface area contributed by atoms with E-state index in [2.05, 4.69) is 39.9 Å². The molecule has 5 N–H and O–H groups in total. The van der Waals surface area contributed by atoms with Crippen LogP contribution in [0.25, 0.3) is 179 Å². The van der Waals surface area contributed by atoms with Crippen molar-refractivity contribution >= 4 is 163 Å². The molecule has 4 aliphatic rings. The van der Waals surface area contributed by atoms with Gasteiger partial charge in [-0.3, -0.25) is 4.55 Å². The van der Waals surface area contributed by atoms with E-state index in [1.165, 1.54) is 12.1 Å². The Morgan fingerprint density at radius 2 is 0.429 bits per heavy atom. The van der Waals surface area contributed by atoms with Gasteiger partial charge < -0.3 is 33.6 Å². The maximum absolute atomic E-state index is 13.1. The van der Waals surface area contributed by atoms with E-state index in [1.54, 1.807) is 60.7 Å². The third-order valence-corrected chi connectivity index (χ3v) is 20.3. The number of rotatable bonds is 4. The fraction of sp³-hybridized carbons (Fsp3) is 0. The Morgan fingerprint density at radius 1 is 0.255 bits per heavy atom. The summed E-state index contributed by atoms with van der Waals surface area (Å²) in [6, 6.07) is 51.9. The van der Waals surface area contributed by atoms with Crippen molar-refractivity contribution in [3.05, 3.63) is 170 Å². The van der Waals surface area contributed by atoms with Crippen LogP contribution in [0.4, 0.5) is 0 Å². The molecular weight excluding hydrogens is 1370 g/mol. The third-order valence-electron chi connectivity index (χ3n) is 16.3. The summed E-state index contributed by atoms with van der Waals surface area (Å²) in [4.78, 5) is 60.1. The molecule has 28 nitrogen and oxygen atoms in total. The van der Waals surface area contributed by atoms with E-state index in [-0.39, 0.29) is 80.4 Å². The van der Waals surface area contributed by atoms with Gasteiger partial charge in [-0.05, 0) is 0 Å². The number of aromatic amines is 4. The first-order valence-electron chi connectivity index (χ1n) is 28.5. The van der Waals surface area contributed by atoms with Crippen LogP contribution in [0.3, 0.4) is 0 Å². The first kappa shape index (κ1) is 63.3. The molecule has 10 heterocycles. The fourth-order valence-corrected chi connectivity index (χ4v) is 17.2. The molecule has 0 atom stereocenters. The summed E-state index contributed by atoms with van der Waals surface area (Å²) in [5, 5.41) is 2.38. The third kappa shape index (κ3) is 10.3. The van der Waals surface area contributed by atoms with Crippen molar-refractivity contribution in [1.82, 2.24) is 79.7 Å². The van der Waals surface area contributed by atoms with Crippen molar-refractivity contribution < 1.29 is 51.9 Å². The van der Waals surface area contributed by atoms with Gasteiger partial charge in [-0.1, -0.05) is 170 Å². The smallest absolute Gasteiger partial charge is 0.744 e. The Hall–Kier alpha value is -10.8. The second-order valence-corrected chi connectivity index (χ2v) is 27.3. The summed E-state index contributed by atoms with van der Waals surface area (Å²) in [7, 11) is -25.7. The van der Waals surface area contributed by atoms with E-state index in [4.69, 9.17) is 39.9 Å². The molecule has 18 rings (SSSR count). The predicted octanol–water partition coefficient (Wildman–Crippen LogP) is 8.94. The van der Waals surface area contributed by atoms with Gasteiger partial charge in [0.15, 0.2) is 46.6 Å². The predicted molar refractivity (Wildman–Crippen MR) is 357 cm³/mol. The first-order chi connectivity index (χ1) is 46.1. The van der Waals surface area contributed by atoms with Crippen LogP contribution >= 0.6 is 0 Å². The Bertz CT molecular complexity index is 6220. The molecule has 0 unspecified atom stereocenters. The van der Waals surface area contributed by atoms with E-state index in [0.717, 1.165) is 43.8 Å². The summed E-state index contributed by atoms with van der Waals surface area (Å²) < 4.78 is 152. The molecule has 471 valence electrons. The van der Waals surface area contributed by atoms with Gasteiger partial charge in [0.2, 0.25) is 0 Å². The van der Waals surface area contributed by atoms with Crippen molar-refractivity contribution in [2.45, 2.75) is 19.6 Å². The average Bonchev–Trinajstić information content (AvgIpc) is 1.31. The molecule has 0 amide bonds. The molecule has 0 saturated carbocycles. The zero-order valence-electron chi connectivity index (χ0n) is 49.3. The number of nitrogens with zero attached hydrogens (tertiary/aromatic N) is 12. The van der Waals surface area contributed by atoms with Crippen molar-refractivity contribution in [1.29, 1.82) is 0 Å². The maximum Gasteiger partial charge on any atom is 3.00 e. The number of hydrogen-bond donors (Lipinski definition) is 5. The van der Waals surface area contributed by atoms with E-state index in [9.17, 15) is 51.9 Å². The number of fused-ring (bicyclic) bond motifs is 40. The fourth-order valence-electron chi connectivity index (χ4n) is 12.3. The van der Waals surface area contributed by atoms with Crippen molar-refractivity contribution in [2.24, 2.45) is 0 Å². The molecule has 8 aromatic carbocycles. The van der Waals surface area contributed by atoms with Crippen LogP contribution in [-0.2, 0) is 40.5 Å². The van der Waals surface area contributed by atoms with E-state index in [0.29, 0.717) is 67.8 Å². The minimum atomic E-state index is -6.57. The van der Waals surface area contributed by atoms with Crippen molar-refractivity contribution in [3.8, 4) is 91.1 Å². The van der Waals surface area contributed by atoms with Gasteiger partial charge in [-0.15, -0.1) is 0 Å². The first-order valence-corrected chi connectivity index (χ1v) is 34.2. The Kier molecular flexibility index (Phi) is 14.8. The summed E-state index contributed by atoms with van der Waals surface area (Å²) >= 11 is 0. The van der Waals surface area contributed by atoms with Crippen LogP contribution in [0, 0.1) is 0 Å². The number of benzene rings is 8. The van der Waals surface area contributed by atoms with Crippen LogP contribution in [0.5, 0.6) is 0 Å². The van der Waals surface area contributed by atoms with Gasteiger partial charge in [0.05, 0.1) is 20.1 Å². The maximum atomic E-state index is 13.1. The number of nitrogens with one attached hydrogen (secondary N) is 4. The quantitative estimate of drug-likeness (QED) is 0.0810.